The summed E-state index contributed by atoms with van der Waals surface area (Å²) in [6.07, 6.45) is 1.15. The number of thiophene rings is 1. The first-order valence-electron chi connectivity index (χ1n) is 4.78. The minimum atomic E-state index is 0.278. The van der Waals surface area contributed by atoms with Crippen LogP contribution >= 0.6 is 38.9 Å². The van der Waals surface area contributed by atoms with Crippen LogP contribution in [0.1, 0.15) is 42.5 Å². The van der Waals surface area contributed by atoms with Crippen molar-refractivity contribution in [2.24, 2.45) is 5.41 Å². The Morgan fingerprint density at radius 1 is 1.57 bits per heavy atom. The van der Waals surface area contributed by atoms with Crippen molar-refractivity contribution in [2.75, 3.05) is 0 Å². The molecule has 1 rings (SSSR count). The second-order valence-corrected chi connectivity index (χ2v) is 6.91. The van der Waals surface area contributed by atoms with E-state index < -0.39 is 0 Å². The van der Waals surface area contributed by atoms with Gasteiger partial charge in [-0.1, -0.05) is 48.3 Å². The van der Waals surface area contributed by atoms with E-state index in [1.165, 1.54) is 10.4 Å². The maximum Gasteiger partial charge on any atom is 0.0960 e. The van der Waals surface area contributed by atoms with E-state index in [9.17, 15) is 0 Å². The van der Waals surface area contributed by atoms with E-state index in [2.05, 4.69) is 49.7 Å². The summed E-state index contributed by atoms with van der Waals surface area (Å²) in [5.74, 6) is 0. The molecule has 0 spiro atoms. The maximum atomic E-state index is 6.06. The number of halogens is 2. The van der Waals surface area contributed by atoms with Gasteiger partial charge in [0.15, 0.2) is 0 Å². The van der Waals surface area contributed by atoms with Gasteiger partial charge in [-0.25, -0.2) is 0 Å². The summed E-state index contributed by atoms with van der Waals surface area (Å²) < 4.78 is 0.913. The van der Waals surface area contributed by atoms with Gasteiger partial charge in [-0.3, -0.25) is 0 Å². The highest BCUT2D eigenvalue weighted by molar-refractivity contribution is 9.09. The molecule has 0 saturated carbocycles. The Morgan fingerprint density at radius 3 is 2.50 bits per heavy atom. The molecule has 0 aliphatic heterocycles. The zero-order chi connectivity index (χ0) is 10.9. The summed E-state index contributed by atoms with van der Waals surface area (Å²) in [5.41, 5.74) is 1.46. The molecule has 1 heterocycles. The van der Waals surface area contributed by atoms with Crippen molar-refractivity contribution >= 4 is 38.9 Å². The van der Waals surface area contributed by atoms with Crippen LogP contribution in [0.2, 0.25) is 4.34 Å². The summed E-state index contributed by atoms with van der Waals surface area (Å²) in [6, 6.07) is 2.18. The fourth-order valence-corrected chi connectivity index (χ4v) is 3.32. The van der Waals surface area contributed by atoms with Crippen molar-refractivity contribution in [1.82, 2.24) is 0 Å². The number of alkyl halides is 1. The fourth-order valence-electron chi connectivity index (χ4n) is 1.17. The third-order valence-corrected chi connectivity index (χ3v) is 6.38. The van der Waals surface area contributed by atoms with Crippen LogP contribution in [0.5, 0.6) is 0 Å². The van der Waals surface area contributed by atoms with E-state index >= 15 is 0 Å². The first-order valence-corrected chi connectivity index (χ1v) is 6.89. The van der Waals surface area contributed by atoms with Crippen molar-refractivity contribution in [2.45, 2.75) is 38.9 Å². The third-order valence-electron chi connectivity index (χ3n) is 2.72. The van der Waals surface area contributed by atoms with E-state index in [1.807, 2.05) is 0 Å². The Kier molecular flexibility index (Phi) is 4.07. The van der Waals surface area contributed by atoms with Crippen LogP contribution in [0.3, 0.4) is 0 Å². The molecule has 14 heavy (non-hydrogen) atoms. The second kappa shape index (κ2) is 4.54. The van der Waals surface area contributed by atoms with Crippen molar-refractivity contribution in [3.63, 3.8) is 0 Å². The van der Waals surface area contributed by atoms with Gasteiger partial charge in [0, 0.05) is 4.88 Å². The fraction of sp³-hybridized carbons (Fsp3) is 0.636. The number of aryl methyl sites for hydroxylation is 1. The Hall–Kier alpha value is 0.470. The van der Waals surface area contributed by atoms with Crippen molar-refractivity contribution in [1.29, 1.82) is 0 Å². The van der Waals surface area contributed by atoms with E-state index in [4.69, 9.17) is 11.6 Å². The van der Waals surface area contributed by atoms with Crippen molar-refractivity contribution in [3.05, 3.63) is 20.8 Å². The molecule has 0 saturated heterocycles. The highest BCUT2D eigenvalue weighted by Crippen LogP contribution is 2.46. The molecule has 0 amide bonds. The molecule has 80 valence electrons. The summed E-state index contributed by atoms with van der Waals surface area (Å²) in [7, 11) is 0. The molecule has 0 N–H and O–H groups in total. The van der Waals surface area contributed by atoms with Gasteiger partial charge in [-0.2, -0.15) is 0 Å². The zero-order valence-electron chi connectivity index (χ0n) is 9.03. The molecule has 3 heteroatoms. The molecule has 0 bridgehead atoms. The minimum Gasteiger partial charge on any atom is -0.127 e. The van der Waals surface area contributed by atoms with Crippen LogP contribution in [0.25, 0.3) is 0 Å². The average molecular weight is 296 g/mol. The SMILES string of the molecule is CCC(C)(C)C(Br)c1cc(C)c(Cl)s1. The number of hydrogen-bond donors (Lipinski definition) is 0. The number of rotatable bonds is 3. The molecule has 0 aliphatic rings. The lowest BCUT2D eigenvalue weighted by atomic mass is 9.86. The second-order valence-electron chi connectivity index (χ2n) is 4.31. The lowest BCUT2D eigenvalue weighted by Gasteiger charge is -2.28. The number of hydrogen-bond acceptors (Lipinski definition) is 1. The van der Waals surface area contributed by atoms with Crippen LogP contribution in [0.4, 0.5) is 0 Å². The summed E-state index contributed by atoms with van der Waals surface area (Å²) >= 11 is 11.5. The Morgan fingerprint density at radius 2 is 2.14 bits per heavy atom. The molecule has 1 aromatic rings. The van der Waals surface area contributed by atoms with Crippen molar-refractivity contribution < 1.29 is 0 Å². The first-order chi connectivity index (χ1) is 6.38. The molecule has 0 fully saturated rings. The van der Waals surface area contributed by atoms with E-state index in [0.717, 1.165) is 10.8 Å². The minimum absolute atomic E-state index is 0.278. The summed E-state index contributed by atoms with van der Waals surface area (Å²) in [6.45, 7) is 8.82. The van der Waals surface area contributed by atoms with Gasteiger partial charge >= 0.3 is 0 Å². The predicted molar refractivity (Wildman–Crippen MR) is 69.8 cm³/mol. The topological polar surface area (TPSA) is 0 Å². The lowest BCUT2D eigenvalue weighted by Crippen LogP contribution is -2.15. The summed E-state index contributed by atoms with van der Waals surface area (Å²) in [4.78, 5) is 1.73. The molecule has 1 aromatic heterocycles. The predicted octanol–water partition coefficient (Wildman–Crippen LogP) is 5.58. The standard InChI is InChI=1S/C11H16BrClS/c1-5-11(3,4)9(12)8-6-7(2)10(13)14-8/h6,9H,5H2,1-4H3. The molecule has 0 nitrogen and oxygen atoms in total. The molecule has 0 aromatic carbocycles. The van der Waals surface area contributed by atoms with Gasteiger partial charge < -0.3 is 0 Å². The molecule has 1 atom stereocenters. The largest absolute Gasteiger partial charge is 0.127 e. The quantitative estimate of drug-likeness (QED) is 0.638. The van der Waals surface area contributed by atoms with E-state index in [0.29, 0.717) is 4.83 Å². The molecule has 0 aliphatic carbocycles. The molecule has 0 radical (unpaired) electrons. The van der Waals surface area contributed by atoms with E-state index in [1.54, 1.807) is 11.3 Å². The van der Waals surface area contributed by atoms with Gasteiger partial charge in [0.1, 0.15) is 0 Å². The average Bonchev–Trinajstić information content (AvgIpc) is 2.45. The smallest absolute Gasteiger partial charge is 0.0960 e. The first kappa shape index (κ1) is 12.5. The Balaban J connectivity index is 2.94. The van der Waals surface area contributed by atoms with Gasteiger partial charge in [-0.05, 0) is 30.4 Å². The third kappa shape index (κ3) is 2.53. The normalized spacial score (nSPS) is 14.4. The van der Waals surface area contributed by atoms with Crippen LogP contribution in [0.15, 0.2) is 6.07 Å². The van der Waals surface area contributed by atoms with Crippen molar-refractivity contribution in [3.8, 4) is 0 Å². The van der Waals surface area contributed by atoms with Crippen LogP contribution in [-0.4, -0.2) is 0 Å². The van der Waals surface area contributed by atoms with Crippen LogP contribution in [0, 0.1) is 12.3 Å². The van der Waals surface area contributed by atoms with Gasteiger partial charge in [0.05, 0.1) is 9.16 Å². The highest BCUT2D eigenvalue weighted by Gasteiger charge is 2.28. The summed E-state index contributed by atoms with van der Waals surface area (Å²) in [5, 5.41) is 0. The molecular weight excluding hydrogens is 280 g/mol. The van der Waals surface area contributed by atoms with Crippen LogP contribution < -0.4 is 0 Å². The molecule has 1 unspecified atom stereocenters. The molecular formula is C11H16BrClS. The lowest BCUT2D eigenvalue weighted by molar-refractivity contribution is 0.348. The zero-order valence-corrected chi connectivity index (χ0v) is 12.2. The highest BCUT2D eigenvalue weighted by atomic mass is 79.9. The monoisotopic (exact) mass is 294 g/mol. The Bertz CT molecular complexity index is 298. The van der Waals surface area contributed by atoms with Gasteiger partial charge in [-0.15, -0.1) is 11.3 Å². The van der Waals surface area contributed by atoms with Gasteiger partial charge in [0.25, 0.3) is 0 Å². The maximum absolute atomic E-state index is 6.06. The van der Waals surface area contributed by atoms with E-state index in [-0.39, 0.29) is 5.41 Å². The Labute approximate surface area is 104 Å². The van der Waals surface area contributed by atoms with Gasteiger partial charge in [0.2, 0.25) is 0 Å². The van der Waals surface area contributed by atoms with Crippen LogP contribution in [-0.2, 0) is 0 Å².